The summed E-state index contributed by atoms with van der Waals surface area (Å²) < 4.78 is 35.2. The molecule has 0 amide bonds. The van der Waals surface area contributed by atoms with E-state index in [1.807, 2.05) is 22.9 Å². The topological polar surface area (TPSA) is 55.4 Å². The van der Waals surface area contributed by atoms with Crippen molar-refractivity contribution in [2.75, 3.05) is 40.6 Å². The highest BCUT2D eigenvalue weighted by molar-refractivity contribution is 7.15. The van der Waals surface area contributed by atoms with Crippen LogP contribution in [0.2, 0.25) is 0 Å². The van der Waals surface area contributed by atoms with Crippen molar-refractivity contribution in [3.63, 3.8) is 0 Å². The van der Waals surface area contributed by atoms with E-state index in [4.69, 9.17) is 28.4 Å². The van der Waals surface area contributed by atoms with Crippen molar-refractivity contribution in [2.24, 2.45) is 0 Å². The van der Waals surface area contributed by atoms with Gasteiger partial charge < -0.3 is 28.4 Å². The molecule has 0 saturated heterocycles. The van der Waals surface area contributed by atoms with Crippen molar-refractivity contribution in [1.29, 1.82) is 0 Å². The normalized spacial score (nSPS) is 14.4. The van der Waals surface area contributed by atoms with E-state index in [-0.39, 0.29) is 0 Å². The van der Waals surface area contributed by atoms with Gasteiger partial charge in [-0.2, -0.15) is 0 Å². The summed E-state index contributed by atoms with van der Waals surface area (Å²) in [6, 6.07) is 8.10. The van der Waals surface area contributed by atoms with E-state index in [1.54, 1.807) is 36.9 Å². The molecule has 0 fully saturated rings. The molecule has 2 aromatic heterocycles. The van der Waals surface area contributed by atoms with Crippen molar-refractivity contribution in [1.82, 2.24) is 0 Å². The van der Waals surface area contributed by atoms with E-state index in [0.717, 1.165) is 66.2 Å². The molecule has 4 heterocycles. The maximum absolute atomic E-state index is 5.98. The van der Waals surface area contributed by atoms with Gasteiger partial charge in [0, 0.05) is 32.7 Å². The van der Waals surface area contributed by atoms with Gasteiger partial charge in [-0.05, 0) is 24.3 Å². The summed E-state index contributed by atoms with van der Waals surface area (Å²) >= 11 is 3.21. The van der Waals surface area contributed by atoms with Crippen LogP contribution in [0.15, 0.2) is 35.0 Å². The standard InChI is InChI=1S/C24H20O6S2/c1-25-15-5-3-14(24-22-18(12-32-24)28-8-10-30-22)20-16(26-2)6-4-13(19(15)20)23-21-17(11-31-23)27-7-9-29-21/h3-6,11-12H,7-10H2,1-2H3. The lowest BCUT2D eigenvalue weighted by Crippen LogP contribution is -2.14. The summed E-state index contributed by atoms with van der Waals surface area (Å²) in [5.74, 6) is 4.66. The Morgan fingerprint density at radius 3 is 1.50 bits per heavy atom. The van der Waals surface area contributed by atoms with Crippen LogP contribution in [-0.2, 0) is 0 Å². The molecule has 0 spiro atoms. The minimum Gasteiger partial charge on any atom is -0.496 e. The van der Waals surface area contributed by atoms with Crippen LogP contribution in [0.25, 0.3) is 31.7 Å². The third-order valence-corrected chi connectivity index (χ3v) is 7.56. The predicted octanol–water partition coefficient (Wildman–Crippen LogP) is 5.86. The van der Waals surface area contributed by atoms with E-state index in [0.29, 0.717) is 26.4 Å². The number of ether oxygens (including phenoxy) is 6. The van der Waals surface area contributed by atoms with Gasteiger partial charge in [0.1, 0.15) is 37.9 Å². The molecule has 0 bridgehead atoms. The maximum Gasteiger partial charge on any atom is 0.179 e. The van der Waals surface area contributed by atoms with Crippen LogP contribution in [0.1, 0.15) is 0 Å². The van der Waals surface area contributed by atoms with Gasteiger partial charge in [-0.25, -0.2) is 0 Å². The lowest BCUT2D eigenvalue weighted by molar-refractivity contribution is 0.174. The van der Waals surface area contributed by atoms with E-state index in [9.17, 15) is 0 Å². The van der Waals surface area contributed by atoms with Crippen molar-refractivity contribution in [3.8, 4) is 55.4 Å². The number of thiophene rings is 2. The second-order valence-corrected chi connectivity index (χ2v) is 9.05. The van der Waals surface area contributed by atoms with Crippen LogP contribution in [-0.4, -0.2) is 40.6 Å². The number of rotatable bonds is 4. The average molecular weight is 469 g/mol. The molecule has 164 valence electrons. The number of fused-ring (bicyclic) bond motifs is 3. The first-order valence-electron chi connectivity index (χ1n) is 10.2. The van der Waals surface area contributed by atoms with Gasteiger partial charge in [0.05, 0.1) is 24.0 Å². The molecule has 4 aromatic rings. The van der Waals surface area contributed by atoms with Gasteiger partial charge in [-0.3, -0.25) is 0 Å². The molecule has 0 saturated carbocycles. The molecule has 0 atom stereocenters. The minimum absolute atomic E-state index is 0.534. The first kappa shape index (κ1) is 19.6. The van der Waals surface area contributed by atoms with Crippen LogP contribution in [0.3, 0.4) is 0 Å². The number of hydrogen-bond donors (Lipinski definition) is 0. The minimum atomic E-state index is 0.534. The van der Waals surface area contributed by atoms with Gasteiger partial charge in [0.25, 0.3) is 0 Å². The fourth-order valence-electron chi connectivity index (χ4n) is 4.25. The predicted molar refractivity (Wildman–Crippen MR) is 126 cm³/mol. The smallest absolute Gasteiger partial charge is 0.179 e. The van der Waals surface area contributed by atoms with Crippen LogP contribution in [0.5, 0.6) is 34.5 Å². The van der Waals surface area contributed by atoms with Gasteiger partial charge in [-0.1, -0.05) is 0 Å². The first-order valence-corrected chi connectivity index (χ1v) is 12.0. The molecule has 6 nitrogen and oxygen atoms in total. The zero-order valence-electron chi connectivity index (χ0n) is 17.6. The molecular formula is C24H20O6S2. The van der Waals surface area contributed by atoms with Crippen molar-refractivity contribution in [3.05, 3.63) is 35.0 Å². The summed E-state index contributed by atoms with van der Waals surface area (Å²) in [5.41, 5.74) is 2.03. The van der Waals surface area contributed by atoms with Gasteiger partial charge in [0.15, 0.2) is 23.0 Å². The van der Waals surface area contributed by atoms with Gasteiger partial charge in [-0.15, -0.1) is 22.7 Å². The second-order valence-electron chi connectivity index (χ2n) is 7.29. The summed E-state index contributed by atoms with van der Waals surface area (Å²) in [6.07, 6.45) is 0. The SMILES string of the molecule is COc1ccc(-c2scc3c2OCCO3)c2c(OC)ccc(-c3scc4c3OCCO4)c12. The lowest BCUT2D eigenvalue weighted by Gasteiger charge is -2.20. The summed E-state index contributed by atoms with van der Waals surface area (Å²) in [7, 11) is 3.37. The fourth-order valence-corrected chi connectivity index (χ4v) is 6.18. The molecule has 0 aliphatic carbocycles. The quantitative estimate of drug-likeness (QED) is 0.374. The Balaban J connectivity index is 1.66. The third kappa shape index (κ3) is 2.90. The highest BCUT2D eigenvalue weighted by Crippen LogP contribution is 2.54. The molecule has 2 aliphatic heterocycles. The Labute approximate surface area is 192 Å². The molecule has 0 unspecified atom stereocenters. The number of hydrogen-bond acceptors (Lipinski definition) is 8. The Morgan fingerprint density at radius 1 is 0.625 bits per heavy atom. The van der Waals surface area contributed by atoms with E-state index in [1.165, 1.54) is 0 Å². The monoisotopic (exact) mass is 468 g/mol. The van der Waals surface area contributed by atoms with E-state index >= 15 is 0 Å². The molecule has 32 heavy (non-hydrogen) atoms. The largest absolute Gasteiger partial charge is 0.496 e. The average Bonchev–Trinajstić information content (AvgIpc) is 3.47. The van der Waals surface area contributed by atoms with Crippen molar-refractivity contribution >= 4 is 33.4 Å². The van der Waals surface area contributed by atoms with E-state index in [2.05, 4.69) is 12.1 Å². The summed E-state index contributed by atoms with van der Waals surface area (Å²) in [6.45, 7) is 2.19. The van der Waals surface area contributed by atoms with Crippen LogP contribution >= 0.6 is 22.7 Å². The molecule has 2 aromatic carbocycles. The lowest BCUT2D eigenvalue weighted by atomic mass is 9.95. The Hall–Kier alpha value is -3.10. The molecule has 6 rings (SSSR count). The Kier molecular flexibility index (Phi) is 4.77. The highest BCUT2D eigenvalue weighted by atomic mass is 32.1. The Bertz CT molecular complexity index is 1220. The molecular weight excluding hydrogens is 448 g/mol. The summed E-state index contributed by atoms with van der Waals surface area (Å²) in [5, 5.41) is 5.91. The number of methoxy groups -OCH3 is 2. The highest BCUT2D eigenvalue weighted by Gasteiger charge is 2.27. The third-order valence-electron chi connectivity index (χ3n) is 5.62. The Morgan fingerprint density at radius 2 is 1.06 bits per heavy atom. The van der Waals surface area contributed by atoms with Crippen molar-refractivity contribution < 1.29 is 28.4 Å². The summed E-state index contributed by atoms with van der Waals surface area (Å²) in [4.78, 5) is 2.02. The molecule has 0 N–H and O–H groups in total. The maximum atomic E-state index is 5.98. The van der Waals surface area contributed by atoms with Gasteiger partial charge >= 0.3 is 0 Å². The second kappa shape index (κ2) is 7.79. The first-order chi connectivity index (χ1) is 15.8. The van der Waals surface area contributed by atoms with Crippen molar-refractivity contribution in [2.45, 2.75) is 0 Å². The fraction of sp³-hybridized carbons (Fsp3) is 0.250. The van der Waals surface area contributed by atoms with E-state index < -0.39 is 0 Å². The van der Waals surface area contributed by atoms with Crippen LogP contribution in [0.4, 0.5) is 0 Å². The van der Waals surface area contributed by atoms with Crippen LogP contribution in [0, 0.1) is 0 Å². The van der Waals surface area contributed by atoms with Crippen LogP contribution < -0.4 is 28.4 Å². The zero-order chi connectivity index (χ0) is 21.7. The van der Waals surface area contributed by atoms with Gasteiger partial charge in [0.2, 0.25) is 0 Å². The molecule has 2 aliphatic rings. The number of benzene rings is 2. The molecule has 0 radical (unpaired) electrons. The molecule has 8 heteroatoms. The zero-order valence-corrected chi connectivity index (χ0v) is 19.2.